The molecule has 0 bridgehead atoms. The van der Waals surface area contributed by atoms with Gasteiger partial charge in [0.05, 0.1) is 12.0 Å². The summed E-state index contributed by atoms with van der Waals surface area (Å²) in [6, 6.07) is 10.1. The van der Waals surface area contributed by atoms with E-state index in [1.165, 1.54) is 5.56 Å². The quantitative estimate of drug-likeness (QED) is 0.812. The minimum absolute atomic E-state index is 0.105. The molecule has 0 spiro atoms. The van der Waals surface area contributed by atoms with Crippen LogP contribution in [-0.2, 0) is 9.53 Å². The molecule has 1 aliphatic heterocycles. The highest BCUT2D eigenvalue weighted by Gasteiger charge is 2.69. The Morgan fingerprint density at radius 3 is 2.71 bits per heavy atom. The summed E-state index contributed by atoms with van der Waals surface area (Å²) in [6.07, 6.45) is 1.88. The first-order valence-electron chi connectivity index (χ1n) is 6.12. The average Bonchev–Trinajstić information content (AvgIpc) is 3.22. The van der Waals surface area contributed by atoms with Crippen molar-refractivity contribution in [3.63, 3.8) is 0 Å². The number of carbonyl (C=O) groups is 1. The van der Waals surface area contributed by atoms with E-state index >= 15 is 0 Å². The molecule has 2 aliphatic rings. The molecule has 0 aromatic heterocycles. The minimum Gasteiger partial charge on any atom is -0.481 e. The minimum atomic E-state index is -0.672. The monoisotopic (exact) mass is 232 g/mol. The van der Waals surface area contributed by atoms with Crippen LogP contribution in [0.5, 0.6) is 0 Å². The Morgan fingerprint density at radius 2 is 2.18 bits per heavy atom. The zero-order valence-corrected chi connectivity index (χ0v) is 9.80. The highest BCUT2D eigenvalue weighted by Crippen LogP contribution is 2.67. The molecule has 1 heterocycles. The fraction of sp³-hybridized carbons (Fsp3) is 0.500. The smallest absolute Gasteiger partial charge is 0.307 e. The molecule has 3 heteroatoms. The second kappa shape index (κ2) is 3.57. The predicted octanol–water partition coefficient (Wildman–Crippen LogP) is 2.63. The largest absolute Gasteiger partial charge is 0.481 e. The number of carboxylic acid groups (broad SMARTS) is 1. The third-order valence-corrected chi connectivity index (χ3v) is 4.26. The van der Waals surface area contributed by atoms with Gasteiger partial charge in [-0.2, -0.15) is 0 Å². The van der Waals surface area contributed by atoms with Gasteiger partial charge in [0.1, 0.15) is 6.10 Å². The summed E-state index contributed by atoms with van der Waals surface area (Å²) in [5, 5.41) is 9.10. The van der Waals surface area contributed by atoms with Crippen LogP contribution >= 0.6 is 0 Å². The van der Waals surface area contributed by atoms with Crippen LogP contribution in [0.3, 0.4) is 0 Å². The summed E-state index contributed by atoms with van der Waals surface area (Å²) in [7, 11) is 0. The molecule has 0 radical (unpaired) electrons. The van der Waals surface area contributed by atoms with E-state index in [9.17, 15) is 4.79 Å². The van der Waals surface area contributed by atoms with Crippen LogP contribution < -0.4 is 0 Å². The molecule has 1 N–H and O–H groups in total. The van der Waals surface area contributed by atoms with Crippen LogP contribution in [0.25, 0.3) is 0 Å². The second-order valence-electron chi connectivity index (χ2n) is 5.07. The molecule has 4 unspecified atom stereocenters. The molecule has 1 saturated heterocycles. The number of aliphatic carboxylic acids is 1. The zero-order valence-electron chi connectivity index (χ0n) is 9.80. The van der Waals surface area contributed by atoms with Crippen molar-refractivity contribution in [1.82, 2.24) is 0 Å². The second-order valence-corrected chi connectivity index (χ2v) is 5.07. The van der Waals surface area contributed by atoms with Crippen molar-refractivity contribution < 1.29 is 14.6 Å². The number of benzene rings is 1. The lowest BCUT2D eigenvalue weighted by Crippen LogP contribution is -2.16. The summed E-state index contributed by atoms with van der Waals surface area (Å²) in [5.41, 5.74) is 1.06. The van der Waals surface area contributed by atoms with Crippen LogP contribution in [0.2, 0.25) is 0 Å². The van der Waals surface area contributed by atoms with Crippen molar-refractivity contribution in [2.45, 2.75) is 32.0 Å². The van der Waals surface area contributed by atoms with Gasteiger partial charge in [-0.3, -0.25) is 4.79 Å². The van der Waals surface area contributed by atoms with Crippen LogP contribution in [-0.4, -0.2) is 17.2 Å². The van der Waals surface area contributed by atoms with Crippen molar-refractivity contribution in [1.29, 1.82) is 0 Å². The maximum Gasteiger partial charge on any atom is 0.307 e. The van der Waals surface area contributed by atoms with Gasteiger partial charge in [0.15, 0.2) is 0 Å². The molecule has 1 aromatic carbocycles. The number of rotatable bonds is 4. The van der Waals surface area contributed by atoms with Crippen molar-refractivity contribution in [3.05, 3.63) is 35.9 Å². The summed E-state index contributed by atoms with van der Waals surface area (Å²) in [6.45, 7) is 2.06. The van der Waals surface area contributed by atoms with E-state index in [4.69, 9.17) is 9.84 Å². The van der Waals surface area contributed by atoms with Gasteiger partial charge in [-0.15, -0.1) is 0 Å². The van der Waals surface area contributed by atoms with Gasteiger partial charge in [0, 0.05) is 5.41 Å². The first kappa shape index (κ1) is 10.8. The first-order valence-corrected chi connectivity index (χ1v) is 6.12. The van der Waals surface area contributed by atoms with Crippen LogP contribution in [0, 0.1) is 11.3 Å². The Bertz CT molecular complexity index is 442. The highest BCUT2D eigenvalue weighted by atomic mass is 16.6. The third-order valence-electron chi connectivity index (χ3n) is 4.26. The number of hydrogen-bond acceptors (Lipinski definition) is 2. The first-order chi connectivity index (χ1) is 8.19. The fourth-order valence-electron chi connectivity index (χ4n) is 3.01. The van der Waals surface area contributed by atoms with Gasteiger partial charge in [0.25, 0.3) is 0 Å². The van der Waals surface area contributed by atoms with Crippen LogP contribution in [0.4, 0.5) is 0 Å². The van der Waals surface area contributed by atoms with Crippen molar-refractivity contribution in [3.8, 4) is 0 Å². The van der Waals surface area contributed by atoms with E-state index in [-0.39, 0.29) is 23.5 Å². The topological polar surface area (TPSA) is 49.8 Å². The number of hydrogen-bond donors (Lipinski definition) is 1. The molecular weight excluding hydrogens is 216 g/mol. The lowest BCUT2D eigenvalue weighted by atomic mass is 9.91. The molecule has 17 heavy (non-hydrogen) atoms. The molecule has 1 saturated carbocycles. The number of carboxylic acids is 1. The van der Waals surface area contributed by atoms with E-state index < -0.39 is 5.97 Å². The Kier molecular flexibility index (Phi) is 2.26. The standard InChI is InChI=1S/C14H16O3/c1-2-14(8-10(14)13(15)16)12-11(17-12)9-6-4-3-5-7-9/h3-7,10-12H,2,8H2,1H3,(H,15,16). The molecule has 2 fully saturated rings. The van der Waals surface area contributed by atoms with E-state index in [0.717, 1.165) is 12.8 Å². The van der Waals surface area contributed by atoms with E-state index in [2.05, 4.69) is 6.92 Å². The van der Waals surface area contributed by atoms with Crippen molar-refractivity contribution >= 4 is 5.97 Å². The van der Waals surface area contributed by atoms with Gasteiger partial charge < -0.3 is 9.84 Å². The van der Waals surface area contributed by atoms with Gasteiger partial charge in [0.2, 0.25) is 0 Å². The third kappa shape index (κ3) is 1.57. The van der Waals surface area contributed by atoms with Crippen LogP contribution in [0.1, 0.15) is 31.4 Å². The Balaban J connectivity index is 1.75. The molecule has 3 rings (SSSR count). The lowest BCUT2D eigenvalue weighted by molar-refractivity contribution is -0.139. The molecule has 90 valence electrons. The SMILES string of the molecule is CCC1(C2OC2c2ccccc2)CC1C(=O)O. The van der Waals surface area contributed by atoms with Gasteiger partial charge in [-0.25, -0.2) is 0 Å². The predicted molar refractivity (Wildman–Crippen MR) is 62.5 cm³/mol. The van der Waals surface area contributed by atoms with Gasteiger partial charge in [-0.1, -0.05) is 37.3 Å². The lowest BCUT2D eigenvalue weighted by Gasteiger charge is -2.09. The van der Waals surface area contributed by atoms with Crippen molar-refractivity contribution in [2.75, 3.05) is 0 Å². The highest BCUT2D eigenvalue weighted by molar-refractivity contribution is 5.75. The number of epoxide rings is 1. The number of ether oxygens (including phenoxy) is 1. The molecule has 4 atom stereocenters. The van der Waals surface area contributed by atoms with Gasteiger partial charge in [-0.05, 0) is 18.4 Å². The summed E-state index contributed by atoms with van der Waals surface area (Å²) < 4.78 is 5.74. The van der Waals surface area contributed by atoms with E-state index in [0.29, 0.717) is 0 Å². The maximum absolute atomic E-state index is 11.1. The van der Waals surface area contributed by atoms with E-state index in [1.54, 1.807) is 0 Å². The van der Waals surface area contributed by atoms with Crippen molar-refractivity contribution in [2.24, 2.45) is 11.3 Å². The van der Waals surface area contributed by atoms with Crippen LogP contribution in [0.15, 0.2) is 30.3 Å². The Hall–Kier alpha value is -1.35. The molecule has 1 aromatic rings. The Morgan fingerprint density at radius 1 is 1.47 bits per heavy atom. The zero-order chi connectivity index (χ0) is 12.0. The summed E-state index contributed by atoms with van der Waals surface area (Å²) in [5.74, 6) is -0.875. The van der Waals surface area contributed by atoms with E-state index in [1.807, 2.05) is 30.3 Å². The summed E-state index contributed by atoms with van der Waals surface area (Å²) in [4.78, 5) is 11.1. The van der Waals surface area contributed by atoms with Gasteiger partial charge >= 0.3 is 5.97 Å². The molecule has 0 amide bonds. The average molecular weight is 232 g/mol. The summed E-state index contributed by atoms with van der Waals surface area (Å²) >= 11 is 0. The maximum atomic E-state index is 11.1. The normalized spacial score (nSPS) is 38.8. The fourth-order valence-corrected chi connectivity index (χ4v) is 3.01. The molecule has 3 nitrogen and oxygen atoms in total. The molecule has 1 aliphatic carbocycles. The molecular formula is C14H16O3. The Labute approximate surface area is 100 Å².